The molecular weight excluding hydrogens is 278 g/mol. The van der Waals surface area contributed by atoms with Crippen LogP contribution in [0.1, 0.15) is 57.8 Å². The van der Waals surface area contributed by atoms with Crippen molar-refractivity contribution in [1.82, 2.24) is 5.32 Å². The van der Waals surface area contributed by atoms with Crippen LogP contribution in [0.25, 0.3) is 0 Å². The second kappa shape index (κ2) is 7.93. The predicted octanol–water partition coefficient (Wildman–Crippen LogP) is 4.91. The molecule has 0 aliphatic heterocycles. The molecule has 3 heteroatoms. The molecule has 0 aliphatic carbocycles. The Kier molecular flexibility index (Phi) is 6.90. The fraction of sp³-hybridized carbons (Fsp3) is 0.714. The van der Waals surface area contributed by atoms with E-state index in [2.05, 4.69) is 41.2 Å². The minimum absolute atomic E-state index is 0.336. The zero-order valence-corrected chi connectivity index (χ0v) is 12.7. The second-order valence-electron chi connectivity index (χ2n) is 4.64. The SMILES string of the molecule is CCCCC(CC)CC(NC)c1ccc(Br)o1. The highest BCUT2D eigenvalue weighted by atomic mass is 79.9. The maximum Gasteiger partial charge on any atom is 0.169 e. The molecule has 0 amide bonds. The topological polar surface area (TPSA) is 25.2 Å². The first-order valence-electron chi connectivity index (χ1n) is 6.63. The number of rotatable bonds is 8. The monoisotopic (exact) mass is 301 g/mol. The summed E-state index contributed by atoms with van der Waals surface area (Å²) < 4.78 is 6.45. The molecule has 98 valence electrons. The molecule has 0 fully saturated rings. The van der Waals surface area contributed by atoms with E-state index in [1.54, 1.807) is 0 Å². The fourth-order valence-corrected chi connectivity index (χ4v) is 2.53. The van der Waals surface area contributed by atoms with Crippen molar-refractivity contribution in [2.75, 3.05) is 7.05 Å². The van der Waals surface area contributed by atoms with E-state index >= 15 is 0 Å². The first-order valence-corrected chi connectivity index (χ1v) is 7.43. The predicted molar refractivity (Wildman–Crippen MR) is 76.1 cm³/mol. The Hall–Kier alpha value is -0.280. The zero-order valence-electron chi connectivity index (χ0n) is 11.1. The average molecular weight is 302 g/mol. The summed E-state index contributed by atoms with van der Waals surface area (Å²) in [7, 11) is 2.01. The van der Waals surface area contributed by atoms with E-state index in [-0.39, 0.29) is 0 Å². The Morgan fingerprint density at radius 3 is 2.59 bits per heavy atom. The Morgan fingerprint density at radius 1 is 1.35 bits per heavy atom. The van der Waals surface area contributed by atoms with Gasteiger partial charge in [-0.2, -0.15) is 0 Å². The van der Waals surface area contributed by atoms with Gasteiger partial charge in [-0.1, -0.05) is 39.5 Å². The Balaban J connectivity index is 2.55. The summed E-state index contributed by atoms with van der Waals surface area (Å²) >= 11 is 3.36. The second-order valence-corrected chi connectivity index (χ2v) is 5.42. The maximum absolute atomic E-state index is 5.64. The van der Waals surface area contributed by atoms with Gasteiger partial charge in [-0.05, 0) is 47.4 Å². The van der Waals surface area contributed by atoms with E-state index in [1.165, 1.54) is 25.7 Å². The molecule has 1 N–H and O–H groups in total. The van der Waals surface area contributed by atoms with Gasteiger partial charge in [-0.3, -0.25) is 0 Å². The van der Waals surface area contributed by atoms with Crippen molar-refractivity contribution in [2.45, 2.75) is 52.0 Å². The highest BCUT2D eigenvalue weighted by Gasteiger charge is 2.18. The number of furan rings is 1. The smallest absolute Gasteiger partial charge is 0.169 e. The first-order chi connectivity index (χ1) is 8.21. The van der Waals surface area contributed by atoms with E-state index in [0.29, 0.717) is 6.04 Å². The van der Waals surface area contributed by atoms with E-state index in [0.717, 1.165) is 22.8 Å². The summed E-state index contributed by atoms with van der Waals surface area (Å²) in [5.74, 6) is 1.82. The van der Waals surface area contributed by atoms with Crippen LogP contribution in [-0.2, 0) is 0 Å². The van der Waals surface area contributed by atoms with Gasteiger partial charge in [0.1, 0.15) is 5.76 Å². The molecule has 17 heavy (non-hydrogen) atoms. The normalized spacial score (nSPS) is 14.8. The molecular formula is C14H24BrNO. The van der Waals surface area contributed by atoms with Crippen LogP contribution in [0.4, 0.5) is 0 Å². The fourth-order valence-electron chi connectivity index (χ4n) is 2.21. The van der Waals surface area contributed by atoms with Crippen LogP contribution in [0.15, 0.2) is 21.2 Å². The minimum atomic E-state index is 0.336. The van der Waals surface area contributed by atoms with Crippen LogP contribution in [0.5, 0.6) is 0 Å². The molecule has 0 spiro atoms. The lowest BCUT2D eigenvalue weighted by Gasteiger charge is -2.20. The molecule has 2 unspecified atom stereocenters. The van der Waals surface area contributed by atoms with E-state index < -0.39 is 0 Å². The molecule has 0 saturated heterocycles. The first kappa shape index (κ1) is 14.8. The van der Waals surface area contributed by atoms with Crippen molar-refractivity contribution in [2.24, 2.45) is 5.92 Å². The van der Waals surface area contributed by atoms with Gasteiger partial charge >= 0.3 is 0 Å². The van der Waals surface area contributed by atoms with Gasteiger partial charge in [0.25, 0.3) is 0 Å². The molecule has 2 nitrogen and oxygen atoms in total. The third-order valence-electron chi connectivity index (χ3n) is 3.40. The number of halogens is 1. The van der Waals surface area contributed by atoms with Gasteiger partial charge in [-0.15, -0.1) is 0 Å². The standard InChI is InChI=1S/C14H24BrNO/c1-4-6-7-11(5-2)10-12(16-3)13-8-9-14(15)17-13/h8-9,11-12,16H,4-7,10H2,1-3H3. The Labute approximate surface area is 113 Å². The van der Waals surface area contributed by atoms with E-state index in [1.807, 2.05) is 13.1 Å². The third kappa shape index (κ3) is 4.84. The number of nitrogens with one attached hydrogen (secondary N) is 1. The van der Waals surface area contributed by atoms with Crippen LogP contribution in [0.3, 0.4) is 0 Å². The largest absolute Gasteiger partial charge is 0.453 e. The van der Waals surface area contributed by atoms with Crippen molar-refractivity contribution in [3.63, 3.8) is 0 Å². The molecule has 0 bridgehead atoms. The van der Waals surface area contributed by atoms with Crippen LogP contribution >= 0.6 is 15.9 Å². The number of unbranched alkanes of at least 4 members (excludes halogenated alkanes) is 1. The molecule has 1 aromatic heterocycles. The van der Waals surface area contributed by atoms with Crippen molar-refractivity contribution in [3.05, 3.63) is 22.6 Å². The molecule has 0 saturated carbocycles. The Bertz CT molecular complexity index is 311. The highest BCUT2D eigenvalue weighted by Crippen LogP contribution is 2.28. The summed E-state index contributed by atoms with van der Waals surface area (Å²) in [5, 5.41) is 3.36. The van der Waals surface area contributed by atoms with Gasteiger partial charge in [0.15, 0.2) is 4.67 Å². The minimum Gasteiger partial charge on any atom is -0.453 e. The lowest BCUT2D eigenvalue weighted by atomic mass is 9.91. The Morgan fingerprint density at radius 2 is 2.12 bits per heavy atom. The van der Waals surface area contributed by atoms with Crippen LogP contribution in [0.2, 0.25) is 0 Å². The highest BCUT2D eigenvalue weighted by molar-refractivity contribution is 9.10. The number of hydrogen-bond acceptors (Lipinski definition) is 2. The van der Waals surface area contributed by atoms with Gasteiger partial charge in [0.05, 0.1) is 6.04 Å². The molecule has 0 radical (unpaired) electrons. The maximum atomic E-state index is 5.64. The molecule has 0 aromatic carbocycles. The van der Waals surface area contributed by atoms with Crippen molar-refractivity contribution in [1.29, 1.82) is 0 Å². The lowest BCUT2D eigenvalue weighted by Crippen LogP contribution is -2.19. The summed E-state index contributed by atoms with van der Waals surface area (Å²) in [6.45, 7) is 4.54. The molecule has 1 aromatic rings. The summed E-state index contributed by atoms with van der Waals surface area (Å²) in [6, 6.07) is 4.35. The zero-order chi connectivity index (χ0) is 12.7. The molecule has 1 rings (SSSR count). The van der Waals surface area contributed by atoms with E-state index in [4.69, 9.17) is 4.42 Å². The van der Waals surface area contributed by atoms with Crippen LogP contribution in [-0.4, -0.2) is 7.05 Å². The lowest BCUT2D eigenvalue weighted by molar-refractivity contribution is 0.325. The van der Waals surface area contributed by atoms with Crippen LogP contribution in [0, 0.1) is 5.92 Å². The van der Waals surface area contributed by atoms with Crippen molar-refractivity contribution < 1.29 is 4.42 Å². The van der Waals surface area contributed by atoms with Crippen molar-refractivity contribution in [3.8, 4) is 0 Å². The van der Waals surface area contributed by atoms with E-state index in [9.17, 15) is 0 Å². The van der Waals surface area contributed by atoms with Gasteiger partial charge < -0.3 is 9.73 Å². The summed E-state index contributed by atoms with van der Waals surface area (Å²) in [5.41, 5.74) is 0. The third-order valence-corrected chi connectivity index (χ3v) is 3.82. The summed E-state index contributed by atoms with van der Waals surface area (Å²) in [6.07, 6.45) is 6.35. The average Bonchev–Trinajstić information content (AvgIpc) is 2.76. The molecule has 2 atom stereocenters. The molecule has 1 heterocycles. The summed E-state index contributed by atoms with van der Waals surface area (Å²) in [4.78, 5) is 0. The van der Waals surface area contributed by atoms with Gasteiger partial charge in [0.2, 0.25) is 0 Å². The van der Waals surface area contributed by atoms with Gasteiger partial charge in [-0.25, -0.2) is 0 Å². The number of hydrogen-bond donors (Lipinski definition) is 1. The van der Waals surface area contributed by atoms with Crippen LogP contribution < -0.4 is 5.32 Å². The quantitative estimate of drug-likeness (QED) is 0.738. The molecule has 0 aliphatic rings. The van der Waals surface area contributed by atoms with Crippen molar-refractivity contribution >= 4 is 15.9 Å². The van der Waals surface area contributed by atoms with Gasteiger partial charge in [0, 0.05) is 0 Å².